The van der Waals surface area contributed by atoms with E-state index in [1.807, 2.05) is 0 Å². The predicted octanol–water partition coefficient (Wildman–Crippen LogP) is 4.01. The highest BCUT2D eigenvalue weighted by molar-refractivity contribution is 9.10. The number of carbonyl (C=O) groups excluding carboxylic acids is 1. The summed E-state index contributed by atoms with van der Waals surface area (Å²) in [4.78, 5) is 14.2. The highest BCUT2D eigenvalue weighted by atomic mass is 79.9. The van der Waals surface area contributed by atoms with Gasteiger partial charge in [0.05, 0.1) is 11.6 Å². The van der Waals surface area contributed by atoms with Crippen molar-refractivity contribution in [3.63, 3.8) is 0 Å². The Bertz CT molecular complexity index is 521. The fourth-order valence-electron chi connectivity index (χ4n) is 2.48. The van der Waals surface area contributed by atoms with E-state index >= 15 is 0 Å². The van der Waals surface area contributed by atoms with E-state index < -0.39 is 0 Å². The van der Waals surface area contributed by atoms with Gasteiger partial charge in [-0.3, -0.25) is 4.79 Å². The van der Waals surface area contributed by atoms with Crippen molar-refractivity contribution < 1.29 is 4.79 Å². The van der Waals surface area contributed by atoms with Gasteiger partial charge in [0.2, 0.25) is 0 Å². The van der Waals surface area contributed by atoms with Crippen molar-refractivity contribution in [1.82, 2.24) is 4.90 Å². The van der Waals surface area contributed by atoms with Crippen LogP contribution in [-0.2, 0) is 0 Å². The number of hydrogen-bond donors (Lipinski definition) is 0. The van der Waals surface area contributed by atoms with E-state index in [1.165, 1.54) is 0 Å². The fraction of sp³-hybridized carbons (Fsp3) is 0.429. The third-order valence-electron chi connectivity index (χ3n) is 3.43. The molecule has 1 saturated carbocycles. The Labute approximate surface area is 126 Å². The molecule has 0 atom stereocenters. The average molecular weight is 342 g/mol. The van der Waals surface area contributed by atoms with Crippen LogP contribution in [0.25, 0.3) is 0 Å². The van der Waals surface area contributed by atoms with Crippen LogP contribution >= 0.6 is 27.5 Å². The van der Waals surface area contributed by atoms with Crippen molar-refractivity contribution in [2.24, 2.45) is 0 Å². The first-order valence-corrected chi connectivity index (χ1v) is 7.43. The van der Waals surface area contributed by atoms with E-state index in [-0.39, 0.29) is 18.5 Å². The molecule has 0 radical (unpaired) electrons. The van der Waals surface area contributed by atoms with Crippen LogP contribution in [0, 0.1) is 11.3 Å². The second-order valence-electron chi connectivity index (χ2n) is 4.65. The van der Waals surface area contributed by atoms with Crippen molar-refractivity contribution in [2.75, 3.05) is 6.54 Å². The van der Waals surface area contributed by atoms with E-state index in [9.17, 15) is 4.79 Å². The number of rotatable bonds is 3. The molecule has 1 amide bonds. The number of benzene rings is 1. The zero-order chi connectivity index (χ0) is 13.8. The topological polar surface area (TPSA) is 44.1 Å². The van der Waals surface area contributed by atoms with Crippen LogP contribution in [0.1, 0.15) is 36.0 Å². The van der Waals surface area contributed by atoms with Crippen LogP contribution in [-0.4, -0.2) is 23.4 Å². The minimum absolute atomic E-state index is 0.100. The smallest absolute Gasteiger partial charge is 0.256 e. The zero-order valence-electron chi connectivity index (χ0n) is 10.4. The van der Waals surface area contributed by atoms with Gasteiger partial charge in [-0.2, -0.15) is 5.26 Å². The maximum Gasteiger partial charge on any atom is 0.256 e. The van der Waals surface area contributed by atoms with E-state index in [0.29, 0.717) is 15.1 Å². The van der Waals surface area contributed by atoms with Gasteiger partial charge in [-0.15, -0.1) is 0 Å². The summed E-state index contributed by atoms with van der Waals surface area (Å²) in [6.07, 6.45) is 4.22. The van der Waals surface area contributed by atoms with E-state index in [1.54, 1.807) is 23.1 Å². The lowest BCUT2D eigenvalue weighted by Crippen LogP contribution is -2.39. The summed E-state index contributed by atoms with van der Waals surface area (Å²) in [5, 5.41) is 9.51. The second-order valence-corrected chi connectivity index (χ2v) is 5.94. The second kappa shape index (κ2) is 6.40. The van der Waals surface area contributed by atoms with Crippen LogP contribution < -0.4 is 0 Å². The summed E-state index contributed by atoms with van der Waals surface area (Å²) < 4.78 is 0.672. The molecule has 3 nitrogen and oxygen atoms in total. The SMILES string of the molecule is N#CCN(C(=O)c1ccc(Cl)cc1Br)C1CCCC1. The lowest BCUT2D eigenvalue weighted by molar-refractivity contribution is 0.0708. The number of carbonyl (C=O) groups is 1. The van der Waals surface area contributed by atoms with E-state index in [4.69, 9.17) is 16.9 Å². The summed E-state index contributed by atoms with van der Waals surface area (Å²) in [5.74, 6) is -0.100. The Morgan fingerprint density at radius 3 is 2.74 bits per heavy atom. The quantitative estimate of drug-likeness (QED) is 0.780. The molecule has 0 bridgehead atoms. The van der Waals surface area contributed by atoms with Gasteiger partial charge in [0.1, 0.15) is 6.54 Å². The van der Waals surface area contributed by atoms with Gasteiger partial charge in [-0.25, -0.2) is 0 Å². The molecule has 1 fully saturated rings. The first-order valence-electron chi connectivity index (χ1n) is 6.26. The molecule has 0 unspecified atom stereocenters. The monoisotopic (exact) mass is 340 g/mol. The molecule has 0 spiro atoms. The Hall–Kier alpha value is -1.05. The summed E-state index contributed by atoms with van der Waals surface area (Å²) >= 11 is 9.24. The van der Waals surface area contributed by atoms with E-state index in [0.717, 1.165) is 25.7 Å². The zero-order valence-corrected chi connectivity index (χ0v) is 12.7. The minimum atomic E-state index is -0.100. The normalized spacial score (nSPS) is 15.2. The molecule has 1 aromatic rings. The molecule has 19 heavy (non-hydrogen) atoms. The Kier molecular flexibility index (Phi) is 4.84. The summed E-state index contributed by atoms with van der Waals surface area (Å²) in [6.45, 7) is 0.137. The van der Waals surface area contributed by atoms with E-state index in [2.05, 4.69) is 22.0 Å². The van der Waals surface area contributed by atoms with Crippen LogP contribution in [0.3, 0.4) is 0 Å². The first kappa shape index (κ1) is 14.4. The largest absolute Gasteiger partial charge is 0.322 e. The van der Waals surface area contributed by atoms with Gasteiger partial charge < -0.3 is 4.90 Å². The summed E-state index contributed by atoms with van der Waals surface area (Å²) in [7, 11) is 0. The predicted molar refractivity (Wildman–Crippen MR) is 78.1 cm³/mol. The van der Waals surface area contributed by atoms with Gasteiger partial charge in [-0.1, -0.05) is 24.4 Å². The molecule has 1 aromatic carbocycles. The van der Waals surface area contributed by atoms with Gasteiger partial charge in [-0.05, 0) is 47.0 Å². The Morgan fingerprint density at radius 2 is 2.16 bits per heavy atom. The highest BCUT2D eigenvalue weighted by Gasteiger charge is 2.28. The van der Waals surface area contributed by atoms with Crippen molar-refractivity contribution in [3.8, 4) is 6.07 Å². The van der Waals surface area contributed by atoms with Crippen LogP contribution in [0.15, 0.2) is 22.7 Å². The van der Waals surface area contributed by atoms with Crippen molar-refractivity contribution in [1.29, 1.82) is 5.26 Å². The van der Waals surface area contributed by atoms with Crippen LogP contribution in [0.2, 0.25) is 5.02 Å². The third kappa shape index (κ3) is 3.29. The molecule has 1 aliphatic rings. The van der Waals surface area contributed by atoms with Gasteiger partial charge in [0.15, 0.2) is 0 Å². The Morgan fingerprint density at radius 1 is 1.47 bits per heavy atom. The van der Waals surface area contributed by atoms with Gasteiger partial charge >= 0.3 is 0 Å². The molecule has 100 valence electrons. The van der Waals surface area contributed by atoms with Crippen molar-refractivity contribution in [2.45, 2.75) is 31.7 Å². The molecule has 0 aromatic heterocycles. The molecule has 1 aliphatic carbocycles. The van der Waals surface area contributed by atoms with Crippen molar-refractivity contribution in [3.05, 3.63) is 33.3 Å². The first-order chi connectivity index (χ1) is 9.13. The number of amides is 1. The summed E-state index contributed by atoms with van der Waals surface area (Å²) in [6, 6.07) is 7.38. The molecule has 0 heterocycles. The van der Waals surface area contributed by atoms with Crippen molar-refractivity contribution >= 4 is 33.4 Å². The van der Waals surface area contributed by atoms with Crippen LogP contribution in [0.5, 0.6) is 0 Å². The fourth-order valence-corrected chi connectivity index (χ4v) is 3.33. The maximum atomic E-state index is 12.6. The molecule has 0 aliphatic heterocycles. The number of nitrogens with zero attached hydrogens (tertiary/aromatic N) is 2. The molecule has 0 N–H and O–H groups in total. The van der Waals surface area contributed by atoms with Gasteiger partial charge in [0.25, 0.3) is 5.91 Å². The third-order valence-corrected chi connectivity index (χ3v) is 4.32. The van der Waals surface area contributed by atoms with Gasteiger partial charge in [0, 0.05) is 15.5 Å². The number of halogens is 2. The number of nitriles is 1. The molecule has 2 rings (SSSR count). The lowest BCUT2D eigenvalue weighted by atomic mass is 10.1. The Balaban J connectivity index is 2.25. The number of hydrogen-bond acceptors (Lipinski definition) is 2. The molecule has 5 heteroatoms. The maximum absolute atomic E-state index is 12.6. The molecule has 0 saturated heterocycles. The highest BCUT2D eigenvalue weighted by Crippen LogP contribution is 2.28. The van der Waals surface area contributed by atoms with Crippen LogP contribution in [0.4, 0.5) is 0 Å². The average Bonchev–Trinajstić information content (AvgIpc) is 2.89. The standard InChI is InChI=1S/C14H14BrClN2O/c15-13-9-10(16)5-6-12(13)14(19)18(8-7-17)11-3-1-2-4-11/h5-6,9,11H,1-4,8H2. The minimum Gasteiger partial charge on any atom is -0.322 e. The molecular formula is C14H14BrClN2O. The molecular weight excluding hydrogens is 328 g/mol. The summed E-state index contributed by atoms with van der Waals surface area (Å²) in [5.41, 5.74) is 0.562. The lowest BCUT2D eigenvalue weighted by Gasteiger charge is -2.26.